The van der Waals surface area contributed by atoms with Crippen LogP contribution in [0.2, 0.25) is 0 Å². The number of ether oxygens (including phenoxy) is 1. The number of hydrogen-bond donors (Lipinski definition) is 0. The minimum Gasteiger partial charge on any atom is -0.489 e. The number of benzene rings is 3. The standard InChI is InChI=1S/C25H26N2O2/c28-25(19-21-7-3-1-4-8-21)27-17-15-26(16-18-27)23-11-13-24(14-12-23)29-20-22-9-5-2-6-10-22/h1-14H,15-20H2. The molecule has 0 aliphatic carbocycles. The number of amides is 1. The molecule has 1 heterocycles. The lowest BCUT2D eigenvalue weighted by atomic mass is 10.1. The number of piperazine rings is 1. The summed E-state index contributed by atoms with van der Waals surface area (Å²) in [6.45, 7) is 3.80. The molecule has 29 heavy (non-hydrogen) atoms. The van der Waals surface area contributed by atoms with Gasteiger partial charge in [0.05, 0.1) is 6.42 Å². The van der Waals surface area contributed by atoms with Crippen molar-refractivity contribution in [2.24, 2.45) is 0 Å². The molecular weight excluding hydrogens is 360 g/mol. The van der Waals surface area contributed by atoms with Gasteiger partial charge in [0.15, 0.2) is 0 Å². The molecule has 1 aliphatic heterocycles. The van der Waals surface area contributed by atoms with Crippen LogP contribution in [0.4, 0.5) is 5.69 Å². The summed E-state index contributed by atoms with van der Waals surface area (Å²) in [6.07, 6.45) is 0.480. The Morgan fingerprint density at radius 1 is 0.724 bits per heavy atom. The lowest BCUT2D eigenvalue weighted by Gasteiger charge is -2.36. The van der Waals surface area contributed by atoms with Gasteiger partial charge < -0.3 is 14.5 Å². The molecule has 0 unspecified atom stereocenters. The van der Waals surface area contributed by atoms with Crippen LogP contribution >= 0.6 is 0 Å². The fraction of sp³-hybridized carbons (Fsp3) is 0.240. The van der Waals surface area contributed by atoms with Crippen molar-refractivity contribution in [3.05, 3.63) is 96.1 Å². The molecule has 4 heteroatoms. The number of rotatable bonds is 6. The first-order valence-corrected chi connectivity index (χ1v) is 10.1. The highest BCUT2D eigenvalue weighted by Gasteiger charge is 2.21. The smallest absolute Gasteiger partial charge is 0.227 e. The fourth-order valence-electron chi connectivity index (χ4n) is 3.59. The van der Waals surface area contributed by atoms with Gasteiger partial charge in [-0.15, -0.1) is 0 Å². The average Bonchev–Trinajstić information content (AvgIpc) is 2.79. The lowest BCUT2D eigenvalue weighted by Crippen LogP contribution is -2.49. The van der Waals surface area contributed by atoms with E-state index in [1.54, 1.807) is 0 Å². The predicted molar refractivity (Wildman–Crippen MR) is 116 cm³/mol. The summed E-state index contributed by atoms with van der Waals surface area (Å²) >= 11 is 0. The van der Waals surface area contributed by atoms with Gasteiger partial charge in [0.1, 0.15) is 12.4 Å². The van der Waals surface area contributed by atoms with Crippen LogP contribution in [0.15, 0.2) is 84.9 Å². The van der Waals surface area contributed by atoms with E-state index in [9.17, 15) is 4.79 Å². The maximum absolute atomic E-state index is 12.5. The van der Waals surface area contributed by atoms with Gasteiger partial charge in [-0.05, 0) is 35.4 Å². The molecule has 3 aromatic carbocycles. The maximum atomic E-state index is 12.5. The topological polar surface area (TPSA) is 32.8 Å². The van der Waals surface area contributed by atoms with E-state index in [0.717, 1.165) is 43.1 Å². The molecule has 148 valence electrons. The first-order chi connectivity index (χ1) is 14.3. The SMILES string of the molecule is O=C(Cc1ccccc1)N1CCN(c2ccc(OCc3ccccc3)cc2)CC1. The monoisotopic (exact) mass is 386 g/mol. The van der Waals surface area contributed by atoms with Crippen LogP contribution in [-0.4, -0.2) is 37.0 Å². The first-order valence-electron chi connectivity index (χ1n) is 10.1. The van der Waals surface area contributed by atoms with Crippen molar-refractivity contribution in [3.8, 4) is 5.75 Å². The zero-order valence-electron chi connectivity index (χ0n) is 16.5. The molecule has 3 aromatic rings. The quantitative estimate of drug-likeness (QED) is 0.638. The highest BCUT2D eigenvalue weighted by atomic mass is 16.5. The van der Waals surface area contributed by atoms with Crippen LogP contribution in [0.5, 0.6) is 5.75 Å². The molecule has 1 fully saturated rings. The van der Waals surface area contributed by atoms with Gasteiger partial charge in [-0.1, -0.05) is 60.7 Å². The highest BCUT2D eigenvalue weighted by Crippen LogP contribution is 2.22. The molecule has 1 saturated heterocycles. The van der Waals surface area contributed by atoms with E-state index in [4.69, 9.17) is 4.74 Å². The second-order valence-electron chi connectivity index (χ2n) is 7.30. The molecule has 0 saturated carbocycles. The van der Waals surface area contributed by atoms with Crippen molar-refractivity contribution in [2.75, 3.05) is 31.1 Å². The molecule has 1 aliphatic rings. The van der Waals surface area contributed by atoms with Crippen molar-refractivity contribution in [1.29, 1.82) is 0 Å². The summed E-state index contributed by atoms with van der Waals surface area (Å²) in [4.78, 5) is 16.8. The van der Waals surface area contributed by atoms with Crippen LogP contribution in [0, 0.1) is 0 Å². The molecule has 4 nitrogen and oxygen atoms in total. The van der Waals surface area contributed by atoms with Gasteiger partial charge in [-0.3, -0.25) is 4.79 Å². The predicted octanol–water partition coefficient (Wildman–Crippen LogP) is 4.16. The summed E-state index contributed by atoms with van der Waals surface area (Å²) in [7, 11) is 0. The van der Waals surface area contributed by atoms with Crippen LogP contribution in [0.1, 0.15) is 11.1 Å². The summed E-state index contributed by atoms with van der Waals surface area (Å²) in [5, 5.41) is 0. The van der Waals surface area contributed by atoms with Crippen molar-refractivity contribution in [3.63, 3.8) is 0 Å². The number of anilines is 1. The van der Waals surface area contributed by atoms with Gasteiger partial charge in [0.25, 0.3) is 0 Å². The summed E-state index contributed by atoms with van der Waals surface area (Å²) in [5.74, 6) is 1.08. The molecule has 0 aromatic heterocycles. The Bertz CT molecular complexity index is 903. The summed E-state index contributed by atoms with van der Waals surface area (Å²) < 4.78 is 5.87. The van der Waals surface area contributed by atoms with Crippen molar-refractivity contribution >= 4 is 11.6 Å². The van der Waals surface area contributed by atoms with Crippen molar-refractivity contribution in [1.82, 2.24) is 4.90 Å². The number of hydrogen-bond acceptors (Lipinski definition) is 3. The molecule has 0 radical (unpaired) electrons. The summed E-state index contributed by atoms with van der Waals surface area (Å²) in [6, 6.07) is 28.4. The van der Waals surface area contributed by atoms with E-state index in [0.29, 0.717) is 13.0 Å². The van der Waals surface area contributed by atoms with E-state index in [2.05, 4.69) is 29.2 Å². The third-order valence-electron chi connectivity index (χ3n) is 5.28. The second kappa shape index (κ2) is 9.28. The van der Waals surface area contributed by atoms with Crippen LogP contribution in [0.25, 0.3) is 0 Å². The van der Waals surface area contributed by atoms with Gasteiger partial charge in [-0.2, -0.15) is 0 Å². The van der Waals surface area contributed by atoms with Crippen molar-refractivity contribution < 1.29 is 9.53 Å². The van der Waals surface area contributed by atoms with Gasteiger partial charge in [0, 0.05) is 31.9 Å². The van der Waals surface area contributed by atoms with Gasteiger partial charge in [0.2, 0.25) is 5.91 Å². The Morgan fingerprint density at radius 3 is 1.93 bits per heavy atom. The van der Waals surface area contributed by atoms with Crippen LogP contribution in [0.3, 0.4) is 0 Å². The van der Waals surface area contributed by atoms with Crippen LogP contribution < -0.4 is 9.64 Å². The highest BCUT2D eigenvalue weighted by molar-refractivity contribution is 5.79. The third-order valence-corrected chi connectivity index (χ3v) is 5.28. The zero-order valence-corrected chi connectivity index (χ0v) is 16.5. The Balaban J connectivity index is 1.26. The minimum absolute atomic E-state index is 0.209. The average molecular weight is 386 g/mol. The second-order valence-corrected chi connectivity index (χ2v) is 7.30. The Kier molecular flexibility index (Phi) is 6.10. The van der Waals surface area contributed by atoms with E-state index in [1.807, 2.05) is 65.6 Å². The number of carbonyl (C=O) groups excluding carboxylic acids is 1. The van der Waals surface area contributed by atoms with E-state index in [1.165, 1.54) is 5.69 Å². The Hall–Kier alpha value is -3.27. The van der Waals surface area contributed by atoms with E-state index < -0.39 is 0 Å². The number of nitrogens with zero attached hydrogens (tertiary/aromatic N) is 2. The molecule has 1 amide bonds. The lowest BCUT2D eigenvalue weighted by molar-refractivity contribution is -0.130. The largest absolute Gasteiger partial charge is 0.489 e. The minimum atomic E-state index is 0.209. The zero-order chi connectivity index (χ0) is 19.9. The van der Waals surface area contributed by atoms with E-state index in [-0.39, 0.29) is 5.91 Å². The molecule has 0 N–H and O–H groups in total. The third kappa shape index (κ3) is 5.17. The number of carbonyl (C=O) groups is 1. The molecular formula is C25H26N2O2. The Morgan fingerprint density at radius 2 is 1.31 bits per heavy atom. The van der Waals surface area contributed by atoms with Gasteiger partial charge >= 0.3 is 0 Å². The fourth-order valence-corrected chi connectivity index (χ4v) is 3.59. The first kappa shape index (κ1) is 19.1. The molecule has 0 spiro atoms. The van der Waals surface area contributed by atoms with Gasteiger partial charge in [-0.25, -0.2) is 0 Å². The normalized spacial score (nSPS) is 13.9. The Labute approximate surface area is 172 Å². The maximum Gasteiger partial charge on any atom is 0.227 e. The van der Waals surface area contributed by atoms with Crippen LogP contribution in [-0.2, 0) is 17.8 Å². The van der Waals surface area contributed by atoms with Crippen molar-refractivity contribution in [2.45, 2.75) is 13.0 Å². The summed E-state index contributed by atoms with van der Waals surface area (Å²) in [5.41, 5.74) is 3.41. The van der Waals surface area contributed by atoms with E-state index >= 15 is 0 Å². The molecule has 0 atom stereocenters. The molecule has 4 rings (SSSR count). The molecule has 0 bridgehead atoms.